The minimum atomic E-state index is 0.360. The van der Waals surface area contributed by atoms with Crippen LogP contribution in [0.5, 0.6) is 17.2 Å². The number of ether oxygens (including phenoxy) is 3. The van der Waals surface area contributed by atoms with Gasteiger partial charge in [0.05, 0.1) is 21.3 Å². The van der Waals surface area contributed by atoms with E-state index in [0.717, 1.165) is 6.54 Å². The molecule has 1 fully saturated rings. The largest absolute Gasteiger partial charge is 0.493 e. The monoisotopic (exact) mass is 251 g/mol. The highest BCUT2D eigenvalue weighted by molar-refractivity contribution is 5.54. The van der Waals surface area contributed by atoms with Crippen LogP contribution in [0, 0.1) is 5.92 Å². The highest BCUT2D eigenvalue weighted by Crippen LogP contribution is 2.41. The Balaban J connectivity index is 2.42. The second-order valence-electron chi connectivity index (χ2n) is 4.66. The van der Waals surface area contributed by atoms with Crippen molar-refractivity contribution in [3.63, 3.8) is 0 Å². The van der Waals surface area contributed by atoms with Crippen LogP contribution in [0.1, 0.15) is 24.9 Å². The maximum Gasteiger partial charge on any atom is 0.203 e. The lowest BCUT2D eigenvalue weighted by molar-refractivity contribution is 0.322. The summed E-state index contributed by atoms with van der Waals surface area (Å²) in [6.07, 6.45) is 1.20. The van der Waals surface area contributed by atoms with Gasteiger partial charge < -0.3 is 19.5 Å². The zero-order valence-corrected chi connectivity index (χ0v) is 11.4. The first kappa shape index (κ1) is 13.0. The Bertz CT molecular complexity index is 394. The highest BCUT2D eigenvalue weighted by atomic mass is 16.5. The summed E-state index contributed by atoms with van der Waals surface area (Å²) in [6.45, 7) is 3.32. The zero-order chi connectivity index (χ0) is 13.1. The molecular formula is C14H21NO3. The summed E-state index contributed by atoms with van der Waals surface area (Å²) < 4.78 is 16.1. The maximum absolute atomic E-state index is 5.38. The Hall–Kier alpha value is -1.42. The first-order valence-corrected chi connectivity index (χ1v) is 6.24. The third-order valence-electron chi connectivity index (χ3n) is 3.58. The molecule has 100 valence electrons. The van der Waals surface area contributed by atoms with Gasteiger partial charge in [0.1, 0.15) is 0 Å². The minimum absolute atomic E-state index is 0.360. The average Bonchev–Trinajstić information content (AvgIpc) is 2.83. The van der Waals surface area contributed by atoms with E-state index < -0.39 is 0 Å². The molecule has 4 nitrogen and oxygen atoms in total. The van der Waals surface area contributed by atoms with E-state index in [9.17, 15) is 0 Å². The summed E-state index contributed by atoms with van der Waals surface area (Å²) in [4.78, 5) is 0. The van der Waals surface area contributed by atoms with Crippen molar-refractivity contribution < 1.29 is 14.2 Å². The fraction of sp³-hybridized carbons (Fsp3) is 0.571. The lowest BCUT2D eigenvalue weighted by Crippen LogP contribution is -2.16. The molecule has 1 saturated heterocycles. The molecule has 4 heteroatoms. The lowest BCUT2D eigenvalue weighted by atomic mass is 9.95. The van der Waals surface area contributed by atoms with Crippen LogP contribution in [0.15, 0.2) is 12.1 Å². The number of hydrogen-bond acceptors (Lipinski definition) is 4. The Morgan fingerprint density at radius 3 is 2.06 bits per heavy atom. The van der Waals surface area contributed by atoms with Gasteiger partial charge in [-0.15, -0.1) is 0 Å². The van der Waals surface area contributed by atoms with E-state index in [-0.39, 0.29) is 0 Å². The van der Waals surface area contributed by atoms with Crippen molar-refractivity contribution in [1.29, 1.82) is 0 Å². The van der Waals surface area contributed by atoms with Crippen LogP contribution in [0.2, 0.25) is 0 Å². The van der Waals surface area contributed by atoms with Gasteiger partial charge >= 0.3 is 0 Å². The summed E-state index contributed by atoms with van der Waals surface area (Å²) >= 11 is 0. The van der Waals surface area contributed by atoms with E-state index in [4.69, 9.17) is 14.2 Å². The molecule has 1 N–H and O–H groups in total. The second-order valence-corrected chi connectivity index (χ2v) is 4.66. The molecule has 2 rings (SSSR count). The highest BCUT2D eigenvalue weighted by Gasteiger charge is 2.26. The normalized spacial score (nSPS) is 22.9. The van der Waals surface area contributed by atoms with Crippen molar-refractivity contribution >= 4 is 0 Å². The lowest BCUT2D eigenvalue weighted by Gasteiger charge is -2.20. The molecule has 0 amide bonds. The van der Waals surface area contributed by atoms with Gasteiger partial charge in [-0.05, 0) is 36.6 Å². The second kappa shape index (κ2) is 5.48. The van der Waals surface area contributed by atoms with Crippen LogP contribution < -0.4 is 19.5 Å². The molecule has 18 heavy (non-hydrogen) atoms. The third-order valence-corrected chi connectivity index (χ3v) is 3.58. The average molecular weight is 251 g/mol. The molecule has 1 heterocycles. The molecule has 2 unspecified atom stereocenters. The van der Waals surface area contributed by atoms with Gasteiger partial charge in [0.15, 0.2) is 11.5 Å². The van der Waals surface area contributed by atoms with Crippen LogP contribution in [-0.4, -0.2) is 27.9 Å². The van der Waals surface area contributed by atoms with Crippen molar-refractivity contribution in [2.45, 2.75) is 19.4 Å². The summed E-state index contributed by atoms with van der Waals surface area (Å²) in [5.74, 6) is 2.70. The molecule has 1 aromatic rings. The molecule has 0 saturated carbocycles. The van der Waals surface area contributed by atoms with Gasteiger partial charge in [-0.25, -0.2) is 0 Å². The molecule has 0 aliphatic carbocycles. The fourth-order valence-corrected chi connectivity index (χ4v) is 2.56. The van der Waals surface area contributed by atoms with Crippen LogP contribution in [0.3, 0.4) is 0 Å². The van der Waals surface area contributed by atoms with Gasteiger partial charge in [-0.2, -0.15) is 0 Å². The van der Waals surface area contributed by atoms with Crippen molar-refractivity contribution in [3.8, 4) is 17.2 Å². The number of rotatable bonds is 4. The number of hydrogen-bond donors (Lipinski definition) is 1. The van der Waals surface area contributed by atoms with Gasteiger partial charge in [-0.3, -0.25) is 0 Å². The number of methoxy groups -OCH3 is 3. The molecule has 1 aliphatic heterocycles. The van der Waals surface area contributed by atoms with E-state index in [1.807, 2.05) is 12.1 Å². The molecule has 1 aliphatic rings. The summed E-state index contributed by atoms with van der Waals surface area (Å²) in [5.41, 5.74) is 1.19. The van der Waals surface area contributed by atoms with Gasteiger partial charge in [-0.1, -0.05) is 6.92 Å². The summed E-state index contributed by atoms with van der Waals surface area (Å²) in [5, 5.41) is 3.51. The summed E-state index contributed by atoms with van der Waals surface area (Å²) in [7, 11) is 4.91. The van der Waals surface area contributed by atoms with Crippen molar-refractivity contribution in [1.82, 2.24) is 5.32 Å². The fourth-order valence-electron chi connectivity index (χ4n) is 2.56. The standard InChI is InChI=1S/C14H21NO3/c1-9-5-6-15-13(9)10-7-11(16-2)14(18-4)12(8-10)17-3/h7-9,13,15H,5-6H2,1-4H3. The predicted octanol–water partition coefficient (Wildman–Crippen LogP) is 2.38. The van der Waals surface area contributed by atoms with Gasteiger partial charge in [0.25, 0.3) is 0 Å². The minimum Gasteiger partial charge on any atom is -0.493 e. The zero-order valence-electron chi connectivity index (χ0n) is 11.4. The molecule has 1 aromatic carbocycles. The van der Waals surface area contributed by atoms with E-state index >= 15 is 0 Å². The molecule has 0 radical (unpaired) electrons. The molecule has 0 aromatic heterocycles. The first-order chi connectivity index (χ1) is 8.71. The summed E-state index contributed by atoms with van der Waals surface area (Å²) in [6, 6.07) is 4.42. The van der Waals surface area contributed by atoms with Crippen molar-refractivity contribution in [2.75, 3.05) is 27.9 Å². The smallest absolute Gasteiger partial charge is 0.203 e. The Morgan fingerprint density at radius 1 is 1.06 bits per heavy atom. The maximum atomic E-state index is 5.38. The van der Waals surface area contributed by atoms with Crippen molar-refractivity contribution in [3.05, 3.63) is 17.7 Å². The SMILES string of the molecule is COc1cc(C2NCCC2C)cc(OC)c1OC. The number of nitrogens with one attached hydrogen (secondary N) is 1. The van der Waals surface area contributed by atoms with Crippen LogP contribution in [-0.2, 0) is 0 Å². The Labute approximate surface area is 108 Å². The van der Waals surface area contributed by atoms with Gasteiger partial charge in [0.2, 0.25) is 5.75 Å². The predicted molar refractivity (Wildman–Crippen MR) is 70.6 cm³/mol. The molecular weight excluding hydrogens is 230 g/mol. The van der Waals surface area contributed by atoms with E-state index in [1.54, 1.807) is 21.3 Å². The Morgan fingerprint density at radius 2 is 1.67 bits per heavy atom. The first-order valence-electron chi connectivity index (χ1n) is 6.24. The van der Waals surface area contributed by atoms with Gasteiger partial charge in [0, 0.05) is 6.04 Å². The topological polar surface area (TPSA) is 39.7 Å². The van der Waals surface area contributed by atoms with E-state index in [2.05, 4.69) is 12.2 Å². The van der Waals surface area contributed by atoms with E-state index in [1.165, 1.54) is 12.0 Å². The number of benzene rings is 1. The van der Waals surface area contributed by atoms with Crippen molar-refractivity contribution in [2.24, 2.45) is 5.92 Å². The van der Waals surface area contributed by atoms with E-state index in [0.29, 0.717) is 29.2 Å². The van der Waals surface area contributed by atoms with Crippen LogP contribution in [0.25, 0.3) is 0 Å². The van der Waals surface area contributed by atoms with Crippen LogP contribution >= 0.6 is 0 Å². The molecule has 0 spiro atoms. The Kier molecular flexibility index (Phi) is 3.97. The quantitative estimate of drug-likeness (QED) is 0.892. The molecule has 2 atom stereocenters. The van der Waals surface area contributed by atoms with Crippen LogP contribution in [0.4, 0.5) is 0 Å². The third kappa shape index (κ3) is 2.25. The molecule has 0 bridgehead atoms.